The summed E-state index contributed by atoms with van der Waals surface area (Å²) in [7, 11) is 5.40. The van der Waals surface area contributed by atoms with Crippen LogP contribution in [0.1, 0.15) is 31.2 Å². The Morgan fingerprint density at radius 1 is 1.18 bits per heavy atom. The molecule has 2 aliphatic rings. The number of ether oxygens (including phenoxy) is 2. The summed E-state index contributed by atoms with van der Waals surface area (Å²) < 4.78 is 11.0. The minimum atomic E-state index is -0.573. The van der Waals surface area contributed by atoms with E-state index in [2.05, 4.69) is 34.7 Å². The number of nitrogens with zero attached hydrogens (tertiary/aromatic N) is 2. The largest absolute Gasteiger partial charge is 0.493 e. The molecule has 2 fully saturated rings. The van der Waals surface area contributed by atoms with Crippen LogP contribution in [-0.4, -0.2) is 55.8 Å². The van der Waals surface area contributed by atoms with Crippen LogP contribution in [-0.2, 0) is 5.41 Å². The van der Waals surface area contributed by atoms with Gasteiger partial charge in [-0.3, -0.25) is 10.1 Å². The molecule has 1 aliphatic heterocycles. The van der Waals surface area contributed by atoms with Gasteiger partial charge in [0.1, 0.15) is 5.02 Å². The van der Waals surface area contributed by atoms with Gasteiger partial charge in [0, 0.05) is 29.3 Å². The van der Waals surface area contributed by atoms with Crippen LogP contribution in [0.3, 0.4) is 0 Å². The lowest BCUT2D eigenvalue weighted by Gasteiger charge is -2.45. The fraction of sp³-hybridized carbons (Fsp3) is 0.458. The van der Waals surface area contributed by atoms with Crippen molar-refractivity contribution in [3.8, 4) is 11.5 Å². The molecule has 2 aromatic rings. The molecule has 1 saturated carbocycles. The molecule has 1 saturated heterocycles. The van der Waals surface area contributed by atoms with Crippen LogP contribution >= 0.6 is 11.6 Å². The summed E-state index contributed by atoms with van der Waals surface area (Å²) in [5, 5.41) is 16.9. The van der Waals surface area contributed by atoms with Gasteiger partial charge in [0.05, 0.1) is 19.1 Å². The van der Waals surface area contributed by atoms with E-state index in [-0.39, 0.29) is 34.2 Å². The Bertz CT molecular complexity index is 1100. The van der Waals surface area contributed by atoms with E-state index < -0.39 is 4.92 Å². The highest BCUT2D eigenvalue weighted by atomic mass is 35.5. The van der Waals surface area contributed by atoms with E-state index in [1.807, 2.05) is 6.07 Å². The average Bonchev–Trinajstić information content (AvgIpc) is 3.16. The molecule has 0 spiro atoms. The smallest absolute Gasteiger partial charge is 0.319 e. The van der Waals surface area contributed by atoms with E-state index in [0.717, 1.165) is 38.0 Å². The molecule has 0 radical (unpaired) electrons. The van der Waals surface area contributed by atoms with Gasteiger partial charge in [-0.2, -0.15) is 0 Å². The van der Waals surface area contributed by atoms with E-state index in [0.29, 0.717) is 11.4 Å². The first-order valence-corrected chi connectivity index (χ1v) is 11.6. The van der Waals surface area contributed by atoms with Gasteiger partial charge >= 0.3 is 6.03 Å². The molecule has 2 amide bonds. The highest BCUT2D eigenvalue weighted by molar-refractivity contribution is 6.32. The van der Waals surface area contributed by atoms with Crippen LogP contribution in [0, 0.1) is 10.1 Å². The number of likely N-dealkylation sites (tertiary alicyclic amines) is 1. The van der Waals surface area contributed by atoms with Gasteiger partial charge in [0.25, 0.3) is 5.69 Å². The Morgan fingerprint density at radius 3 is 2.65 bits per heavy atom. The Hall–Kier alpha value is -3.04. The molecule has 2 N–H and O–H groups in total. The molecule has 34 heavy (non-hydrogen) atoms. The first-order chi connectivity index (χ1) is 16.3. The number of hydrogen-bond donors (Lipinski definition) is 2. The number of nitro groups is 1. The van der Waals surface area contributed by atoms with Gasteiger partial charge in [-0.15, -0.1) is 0 Å². The lowest BCUT2D eigenvalue weighted by Crippen LogP contribution is -2.52. The fourth-order valence-corrected chi connectivity index (χ4v) is 5.66. The number of halogens is 1. The predicted octanol–water partition coefficient (Wildman–Crippen LogP) is 4.58. The SMILES string of the molecule is COc1ccc([C@@]23CC[C@H](NC(=O)Nc4ccc(Cl)c([N+](=O)[O-])c4)C[C@H]2N(C)CC3)cc1OC. The van der Waals surface area contributed by atoms with Gasteiger partial charge < -0.3 is 25.0 Å². The van der Waals surface area contributed by atoms with Crippen molar-refractivity contribution in [1.82, 2.24) is 10.2 Å². The molecular weight excluding hydrogens is 460 g/mol. The minimum Gasteiger partial charge on any atom is -0.493 e. The third-order valence-electron chi connectivity index (χ3n) is 7.22. The maximum Gasteiger partial charge on any atom is 0.319 e. The molecule has 0 bridgehead atoms. The van der Waals surface area contributed by atoms with Crippen LogP contribution in [0.25, 0.3) is 0 Å². The molecule has 3 atom stereocenters. The zero-order valence-corrected chi connectivity index (χ0v) is 20.2. The number of anilines is 1. The topological polar surface area (TPSA) is 106 Å². The normalized spacial score (nSPS) is 24.2. The Morgan fingerprint density at radius 2 is 1.94 bits per heavy atom. The van der Waals surface area contributed by atoms with Crippen molar-refractivity contribution < 1.29 is 19.2 Å². The Balaban J connectivity index is 1.47. The predicted molar refractivity (Wildman–Crippen MR) is 130 cm³/mol. The third-order valence-corrected chi connectivity index (χ3v) is 7.54. The van der Waals surface area contributed by atoms with Crippen molar-refractivity contribution in [2.45, 2.75) is 43.2 Å². The number of urea groups is 1. The van der Waals surface area contributed by atoms with Crippen molar-refractivity contribution in [1.29, 1.82) is 0 Å². The second-order valence-corrected chi connectivity index (χ2v) is 9.37. The molecule has 0 unspecified atom stereocenters. The molecule has 9 nitrogen and oxygen atoms in total. The second kappa shape index (κ2) is 9.68. The number of rotatable bonds is 6. The number of amides is 2. The zero-order chi connectivity index (χ0) is 24.5. The minimum absolute atomic E-state index is 0.0129. The van der Waals surface area contributed by atoms with Gasteiger partial charge in [-0.05, 0) is 69.1 Å². The monoisotopic (exact) mass is 488 g/mol. The molecule has 2 aromatic carbocycles. The lowest BCUT2D eigenvalue weighted by atomic mass is 9.65. The number of benzene rings is 2. The summed E-state index contributed by atoms with van der Waals surface area (Å²) >= 11 is 5.86. The van der Waals surface area contributed by atoms with Gasteiger partial charge in [0.2, 0.25) is 0 Å². The number of methoxy groups -OCH3 is 2. The first kappa shape index (κ1) is 24.1. The van der Waals surface area contributed by atoms with Crippen LogP contribution < -0.4 is 20.1 Å². The molecular formula is C24H29ClN4O5. The van der Waals surface area contributed by atoms with Crippen molar-refractivity contribution >= 4 is 29.0 Å². The summed E-state index contributed by atoms with van der Waals surface area (Å²) in [5.41, 5.74) is 1.29. The summed E-state index contributed by atoms with van der Waals surface area (Å²) in [6.45, 7) is 0.979. The second-order valence-electron chi connectivity index (χ2n) is 8.97. The van der Waals surface area contributed by atoms with E-state index in [1.54, 1.807) is 20.3 Å². The fourth-order valence-electron chi connectivity index (χ4n) is 5.48. The Kier molecular flexibility index (Phi) is 6.86. The molecule has 0 aromatic heterocycles. The summed E-state index contributed by atoms with van der Waals surface area (Å²) in [6, 6.07) is 10.2. The standard InChI is InChI=1S/C24H29ClN4O5/c1-28-11-10-24(15-4-7-20(33-2)21(12-15)34-3)9-8-17(14-22(24)28)27-23(30)26-16-5-6-18(25)19(13-16)29(31)32/h4-7,12-13,17,22H,8-11,14H2,1-3H3,(H2,26,27,30)/t17-,22+,24-/m0/s1. The maximum absolute atomic E-state index is 12.7. The first-order valence-electron chi connectivity index (χ1n) is 11.2. The number of likely N-dealkylation sites (N-methyl/N-ethyl adjacent to an activating group) is 1. The van der Waals surface area contributed by atoms with Crippen LogP contribution in [0.2, 0.25) is 5.02 Å². The van der Waals surface area contributed by atoms with Crippen molar-refractivity contribution in [2.24, 2.45) is 0 Å². The number of fused-ring (bicyclic) bond motifs is 1. The molecule has 182 valence electrons. The maximum atomic E-state index is 12.7. The van der Waals surface area contributed by atoms with E-state index >= 15 is 0 Å². The summed E-state index contributed by atoms with van der Waals surface area (Å²) in [6.07, 6.45) is 3.60. The number of nitrogens with one attached hydrogen (secondary N) is 2. The van der Waals surface area contributed by atoms with E-state index in [9.17, 15) is 14.9 Å². The lowest BCUT2D eigenvalue weighted by molar-refractivity contribution is -0.384. The highest BCUT2D eigenvalue weighted by Crippen LogP contribution is 2.49. The third kappa shape index (κ3) is 4.50. The quantitative estimate of drug-likeness (QED) is 0.455. The average molecular weight is 489 g/mol. The van der Waals surface area contributed by atoms with Gasteiger partial charge in [-0.1, -0.05) is 17.7 Å². The van der Waals surface area contributed by atoms with Gasteiger partial charge in [0.15, 0.2) is 11.5 Å². The number of nitro benzene ring substituents is 1. The highest BCUT2D eigenvalue weighted by Gasteiger charge is 2.50. The number of hydrogen-bond acceptors (Lipinski definition) is 6. The summed E-state index contributed by atoms with van der Waals surface area (Å²) in [4.78, 5) is 25.6. The van der Waals surface area contributed by atoms with Crippen LogP contribution in [0.4, 0.5) is 16.2 Å². The van der Waals surface area contributed by atoms with E-state index in [1.165, 1.54) is 17.7 Å². The molecule has 10 heteroatoms. The van der Waals surface area contributed by atoms with E-state index in [4.69, 9.17) is 21.1 Å². The van der Waals surface area contributed by atoms with Gasteiger partial charge in [-0.25, -0.2) is 4.79 Å². The zero-order valence-electron chi connectivity index (χ0n) is 19.5. The number of carbonyl (C=O) groups is 1. The van der Waals surface area contributed by atoms with Crippen molar-refractivity contribution in [3.63, 3.8) is 0 Å². The summed E-state index contributed by atoms with van der Waals surface area (Å²) in [5.74, 6) is 1.43. The van der Waals surface area contributed by atoms with Crippen LogP contribution in [0.5, 0.6) is 11.5 Å². The number of carbonyl (C=O) groups excluding carboxylic acids is 1. The van der Waals surface area contributed by atoms with Crippen molar-refractivity contribution in [2.75, 3.05) is 33.1 Å². The Labute approximate surface area is 203 Å². The van der Waals surface area contributed by atoms with Crippen molar-refractivity contribution in [3.05, 3.63) is 57.1 Å². The van der Waals surface area contributed by atoms with Crippen LogP contribution in [0.15, 0.2) is 36.4 Å². The molecule has 4 rings (SSSR count). The molecule has 1 aliphatic carbocycles. The molecule has 1 heterocycles.